The Hall–Kier alpha value is -1.85. The Morgan fingerprint density at radius 3 is 2.39 bits per heavy atom. The number of amides is 1. The quantitative estimate of drug-likeness (QED) is 0.419. The van der Waals surface area contributed by atoms with Gasteiger partial charge in [-0.05, 0) is 26.8 Å². The SMILES string of the molecule is CN(CCOC(=O)C=CC=O)C(=O)OC(C)(C)C. The fourth-order valence-electron chi connectivity index (χ4n) is 0.880. The van der Waals surface area contributed by atoms with Crippen LogP contribution in [0.5, 0.6) is 0 Å². The lowest BCUT2D eigenvalue weighted by Crippen LogP contribution is -2.36. The van der Waals surface area contributed by atoms with Crippen molar-refractivity contribution in [1.29, 1.82) is 0 Å². The smallest absolute Gasteiger partial charge is 0.410 e. The van der Waals surface area contributed by atoms with E-state index in [0.29, 0.717) is 6.29 Å². The molecule has 0 aliphatic heterocycles. The molecule has 0 atom stereocenters. The molecule has 0 bridgehead atoms. The van der Waals surface area contributed by atoms with Crippen molar-refractivity contribution in [3.8, 4) is 0 Å². The van der Waals surface area contributed by atoms with Gasteiger partial charge in [0.25, 0.3) is 0 Å². The number of allylic oxidation sites excluding steroid dienone is 1. The highest BCUT2D eigenvalue weighted by molar-refractivity contribution is 5.86. The molecule has 0 rings (SSSR count). The maximum Gasteiger partial charge on any atom is 0.410 e. The van der Waals surface area contributed by atoms with E-state index in [1.54, 1.807) is 27.8 Å². The molecule has 0 saturated heterocycles. The van der Waals surface area contributed by atoms with Crippen LogP contribution < -0.4 is 0 Å². The van der Waals surface area contributed by atoms with Crippen LogP contribution in [0, 0.1) is 0 Å². The molecule has 0 unspecified atom stereocenters. The van der Waals surface area contributed by atoms with Crippen LogP contribution in [-0.2, 0) is 19.1 Å². The van der Waals surface area contributed by atoms with Gasteiger partial charge in [-0.1, -0.05) is 0 Å². The molecule has 0 aromatic carbocycles. The Bertz CT molecular complexity index is 330. The molecule has 0 saturated carbocycles. The Morgan fingerprint density at radius 1 is 1.28 bits per heavy atom. The van der Waals surface area contributed by atoms with Crippen molar-refractivity contribution in [3.63, 3.8) is 0 Å². The van der Waals surface area contributed by atoms with E-state index in [-0.39, 0.29) is 13.2 Å². The maximum absolute atomic E-state index is 11.5. The molecule has 0 aliphatic carbocycles. The van der Waals surface area contributed by atoms with E-state index in [2.05, 4.69) is 0 Å². The molecule has 0 heterocycles. The number of hydrogen-bond acceptors (Lipinski definition) is 5. The monoisotopic (exact) mass is 257 g/mol. The van der Waals surface area contributed by atoms with Crippen molar-refractivity contribution < 1.29 is 23.9 Å². The largest absolute Gasteiger partial charge is 0.461 e. The number of hydrogen-bond donors (Lipinski definition) is 0. The molecular weight excluding hydrogens is 238 g/mol. The minimum Gasteiger partial charge on any atom is -0.461 e. The van der Waals surface area contributed by atoms with E-state index in [4.69, 9.17) is 9.47 Å². The van der Waals surface area contributed by atoms with E-state index < -0.39 is 17.7 Å². The minimum atomic E-state index is -0.625. The first-order valence-corrected chi connectivity index (χ1v) is 5.49. The molecule has 0 aliphatic rings. The van der Waals surface area contributed by atoms with Crippen molar-refractivity contribution in [2.24, 2.45) is 0 Å². The molecule has 1 amide bonds. The third kappa shape index (κ3) is 8.32. The van der Waals surface area contributed by atoms with Gasteiger partial charge in [0.15, 0.2) is 0 Å². The van der Waals surface area contributed by atoms with Gasteiger partial charge in [0, 0.05) is 13.1 Å². The third-order valence-electron chi connectivity index (χ3n) is 1.69. The second kappa shape index (κ2) is 7.47. The first-order chi connectivity index (χ1) is 8.26. The fraction of sp³-hybridized carbons (Fsp3) is 0.583. The first kappa shape index (κ1) is 16.1. The highest BCUT2D eigenvalue weighted by atomic mass is 16.6. The van der Waals surface area contributed by atoms with Crippen LogP contribution in [0.15, 0.2) is 12.2 Å². The minimum absolute atomic E-state index is 0.0395. The van der Waals surface area contributed by atoms with Crippen molar-refractivity contribution in [1.82, 2.24) is 4.90 Å². The molecule has 6 nitrogen and oxygen atoms in total. The van der Waals surface area contributed by atoms with E-state index in [9.17, 15) is 14.4 Å². The number of likely N-dealkylation sites (N-methyl/N-ethyl adjacent to an activating group) is 1. The lowest BCUT2D eigenvalue weighted by atomic mass is 10.2. The predicted molar refractivity (Wildman–Crippen MR) is 65.0 cm³/mol. The van der Waals surface area contributed by atoms with Crippen LogP contribution in [0.1, 0.15) is 20.8 Å². The average molecular weight is 257 g/mol. The summed E-state index contributed by atoms with van der Waals surface area (Å²) in [6, 6.07) is 0. The number of aldehydes is 1. The van der Waals surface area contributed by atoms with E-state index in [1.165, 1.54) is 4.90 Å². The lowest BCUT2D eigenvalue weighted by molar-refractivity contribution is -0.138. The Labute approximate surface area is 107 Å². The summed E-state index contributed by atoms with van der Waals surface area (Å²) in [5.74, 6) is -0.625. The van der Waals surface area contributed by atoms with Gasteiger partial charge >= 0.3 is 12.1 Å². The van der Waals surface area contributed by atoms with Gasteiger partial charge in [-0.3, -0.25) is 4.79 Å². The van der Waals surface area contributed by atoms with E-state index >= 15 is 0 Å². The van der Waals surface area contributed by atoms with E-state index in [1.807, 2.05) is 0 Å². The second-order valence-corrected chi connectivity index (χ2v) is 4.56. The molecular formula is C12H19NO5. The normalized spacial score (nSPS) is 11.1. The summed E-state index contributed by atoms with van der Waals surface area (Å²) in [5, 5.41) is 0. The van der Waals surface area contributed by atoms with Crippen molar-refractivity contribution in [2.75, 3.05) is 20.2 Å². The zero-order valence-electron chi connectivity index (χ0n) is 11.1. The zero-order chi connectivity index (χ0) is 14.2. The number of carbonyl (C=O) groups is 3. The highest BCUT2D eigenvalue weighted by Crippen LogP contribution is 2.08. The molecule has 102 valence electrons. The lowest BCUT2D eigenvalue weighted by Gasteiger charge is -2.24. The summed E-state index contributed by atoms with van der Waals surface area (Å²) in [6.07, 6.45) is 2.05. The first-order valence-electron chi connectivity index (χ1n) is 5.49. The molecule has 0 aromatic rings. The molecule has 0 N–H and O–H groups in total. The van der Waals surface area contributed by atoms with Gasteiger partial charge in [0.05, 0.1) is 6.54 Å². The van der Waals surface area contributed by atoms with Crippen LogP contribution in [0.2, 0.25) is 0 Å². The predicted octanol–water partition coefficient (Wildman–Crippen LogP) is 1.15. The fourth-order valence-corrected chi connectivity index (χ4v) is 0.880. The van der Waals surface area contributed by atoms with Crippen molar-refractivity contribution in [3.05, 3.63) is 12.2 Å². The summed E-state index contributed by atoms with van der Waals surface area (Å²) in [6.45, 7) is 5.56. The van der Waals surface area contributed by atoms with Gasteiger partial charge in [0.2, 0.25) is 0 Å². The van der Waals surface area contributed by atoms with Gasteiger partial charge in [-0.25, -0.2) is 9.59 Å². The molecule has 0 radical (unpaired) electrons. The summed E-state index contributed by atoms with van der Waals surface area (Å²) in [4.78, 5) is 33.7. The van der Waals surface area contributed by atoms with Gasteiger partial charge < -0.3 is 14.4 Å². The summed E-state index contributed by atoms with van der Waals surface area (Å²) < 4.78 is 9.87. The molecule has 18 heavy (non-hydrogen) atoms. The molecule has 0 spiro atoms. The van der Waals surface area contributed by atoms with Crippen LogP contribution >= 0.6 is 0 Å². The van der Waals surface area contributed by atoms with Crippen molar-refractivity contribution >= 4 is 18.3 Å². The number of carbonyl (C=O) groups excluding carboxylic acids is 3. The van der Waals surface area contributed by atoms with Crippen LogP contribution in [0.25, 0.3) is 0 Å². The summed E-state index contributed by atoms with van der Waals surface area (Å²) in [7, 11) is 1.54. The molecule has 0 fully saturated rings. The van der Waals surface area contributed by atoms with Crippen molar-refractivity contribution in [2.45, 2.75) is 26.4 Å². The molecule has 0 aromatic heterocycles. The van der Waals surface area contributed by atoms with Crippen LogP contribution in [-0.4, -0.2) is 49.0 Å². The standard InChI is InChI=1S/C12H19NO5/c1-12(2,3)18-11(16)13(4)7-9-17-10(15)6-5-8-14/h5-6,8H,7,9H2,1-4H3. The number of esters is 1. The average Bonchev–Trinajstić information content (AvgIpc) is 2.23. The van der Waals surface area contributed by atoms with Crippen LogP contribution in [0.3, 0.4) is 0 Å². The Balaban J connectivity index is 3.93. The van der Waals surface area contributed by atoms with Gasteiger partial charge in [0.1, 0.15) is 18.5 Å². The third-order valence-corrected chi connectivity index (χ3v) is 1.69. The Kier molecular flexibility index (Phi) is 6.70. The summed E-state index contributed by atoms with van der Waals surface area (Å²) >= 11 is 0. The molecule has 6 heteroatoms. The number of nitrogens with zero attached hydrogens (tertiary/aromatic N) is 1. The van der Waals surface area contributed by atoms with Gasteiger partial charge in [-0.2, -0.15) is 0 Å². The number of ether oxygens (including phenoxy) is 2. The Morgan fingerprint density at radius 2 is 1.89 bits per heavy atom. The zero-order valence-corrected chi connectivity index (χ0v) is 11.1. The van der Waals surface area contributed by atoms with Gasteiger partial charge in [-0.15, -0.1) is 0 Å². The maximum atomic E-state index is 11.5. The highest BCUT2D eigenvalue weighted by Gasteiger charge is 2.19. The topological polar surface area (TPSA) is 72.9 Å². The van der Waals surface area contributed by atoms with E-state index in [0.717, 1.165) is 12.2 Å². The number of rotatable bonds is 5. The van der Waals surface area contributed by atoms with Crippen LogP contribution in [0.4, 0.5) is 4.79 Å². The second-order valence-electron chi connectivity index (χ2n) is 4.56. The summed E-state index contributed by atoms with van der Waals surface area (Å²) in [5.41, 5.74) is -0.561.